The molecule has 94 valence electrons. The van der Waals surface area contributed by atoms with Crippen molar-refractivity contribution >= 4 is 23.1 Å². The third-order valence-electron chi connectivity index (χ3n) is 2.87. The molecule has 1 aromatic carbocycles. The molecule has 2 aromatic rings. The summed E-state index contributed by atoms with van der Waals surface area (Å²) in [4.78, 5) is 12.2. The smallest absolute Gasteiger partial charge is 0.169 e. The van der Waals surface area contributed by atoms with E-state index < -0.39 is 0 Å². The number of rotatable bonds is 3. The standard InChI is InChI=1S/C13H14ClN3O/c1-8-10(13(14)17(2)16-8)7-12(18)9-5-3-4-6-11(9)15/h3-6H,7,15H2,1-2H3. The maximum atomic E-state index is 12.2. The van der Waals surface area contributed by atoms with Crippen molar-refractivity contribution in [2.45, 2.75) is 13.3 Å². The number of Topliss-reactive ketones (excluding diaryl/α,β-unsaturated/α-hetero) is 1. The number of carbonyl (C=O) groups is 1. The van der Waals surface area contributed by atoms with Crippen molar-refractivity contribution in [3.05, 3.63) is 46.2 Å². The van der Waals surface area contributed by atoms with Gasteiger partial charge in [0.05, 0.1) is 5.69 Å². The van der Waals surface area contributed by atoms with E-state index in [-0.39, 0.29) is 12.2 Å². The van der Waals surface area contributed by atoms with E-state index in [4.69, 9.17) is 17.3 Å². The number of aromatic nitrogens is 2. The highest BCUT2D eigenvalue weighted by Crippen LogP contribution is 2.22. The number of anilines is 1. The lowest BCUT2D eigenvalue weighted by Crippen LogP contribution is -2.07. The number of halogens is 1. The number of hydrogen-bond acceptors (Lipinski definition) is 3. The number of nitrogens with zero attached hydrogens (tertiary/aromatic N) is 2. The fourth-order valence-corrected chi connectivity index (χ4v) is 2.12. The minimum atomic E-state index is -0.0499. The molecule has 0 bridgehead atoms. The highest BCUT2D eigenvalue weighted by molar-refractivity contribution is 6.30. The van der Waals surface area contributed by atoms with E-state index in [1.165, 1.54) is 0 Å². The molecule has 2 rings (SSSR count). The summed E-state index contributed by atoms with van der Waals surface area (Å²) in [5, 5.41) is 4.68. The van der Waals surface area contributed by atoms with Gasteiger partial charge in [-0.3, -0.25) is 9.48 Å². The Labute approximate surface area is 110 Å². The summed E-state index contributed by atoms with van der Waals surface area (Å²) in [6, 6.07) is 7.03. The SMILES string of the molecule is Cc1nn(C)c(Cl)c1CC(=O)c1ccccc1N. The second-order valence-electron chi connectivity index (χ2n) is 4.17. The zero-order valence-electron chi connectivity index (χ0n) is 10.3. The van der Waals surface area contributed by atoms with Gasteiger partial charge in [-0.25, -0.2) is 0 Å². The molecular formula is C13H14ClN3O. The molecule has 0 aliphatic carbocycles. The van der Waals surface area contributed by atoms with Crippen LogP contribution in [0.2, 0.25) is 5.15 Å². The van der Waals surface area contributed by atoms with Gasteiger partial charge in [0.1, 0.15) is 5.15 Å². The summed E-state index contributed by atoms with van der Waals surface area (Å²) in [5.41, 5.74) is 8.32. The zero-order chi connectivity index (χ0) is 13.3. The third-order valence-corrected chi connectivity index (χ3v) is 3.34. The predicted octanol–water partition coefficient (Wildman–Crippen LogP) is 2.39. The molecule has 0 spiro atoms. The molecule has 5 heteroatoms. The van der Waals surface area contributed by atoms with Gasteiger partial charge in [0.15, 0.2) is 5.78 Å². The molecule has 18 heavy (non-hydrogen) atoms. The van der Waals surface area contributed by atoms with Crippen LogP contribution in [0.5, 0.6) is 0 Å². The molecule has 0 fully saturated rings. The van der Waals surface area contributed by atoms with E-state index in [1.54, 1.807) is 36.0 Å². The van der Waals surface area contributed by atoms with Crippen LogP contribution in [0.1, 0.15) is 21.6 Å². The van der Waals surface area contributed by atoms with Gasteiger partial charge in [-0.1, -0.05) is 23.7 Å². The predicted molar refractivity (Wildman–Crippen MR) is 71.8 cm³/mol. The fraction of sp³-hybridized carbons (Fsp3) is 0.231. The summed E-state index contributed by atoms with van der Waals surface area (Å²) >= 11 is 6.10. The average molecular weight is 264 g/mol. The van der Waals surface area contributed by atoms with Crippen LogP contribution >= 0.6 is 11.6 Å². The normalized spacial score (nSPS) is 10.6. The molecule has 0 aliphatic rings. The average Bonchev–Trinajstić information content (AvgIpc) is 2.56. The first-order valence-electron chi connectivity index (χ1n) is 5.56. The van der Waals surface area contributed by atoms with Gasteiger partial charge in [0, 0.05) is 30.3 Å². The van der Waals surface area contributed by atoms with Crippen LogP contribution in [-0.2, 0) is 13.5 Å². The molecule has 1 aromatic heterocycles. The van der Waals surface area contributed by atoms with E-state index in [1.807, 2.05) is 6.92 Å². The van der Waals surface area contributed by atoms with E-state index in [0.717, 1.165) is 11.3 Å². The Morgan fingerprint density at radius 1 is 1.44 bits per heavy atom. The molecule has 0 atom stereocenters. The second kappa shape index (κ2) is 4.82. The first kappa shape index (κ1) is 12.6. The van der Waals surface area contributed by atoms with Crippen molar-refractivity contribution in [2.24, 2.45) is 7.05 Å². The van der Waals surface area contributed by atoms with Crippen molar-refractivity contribution in [1.29, 1.82) is 0 Å². The molecule has 0 saturated carbocycles. The minimum absolute atomic E-state index is 0.0499. The van der Waals surface area contributed by atoms with Crippen LogP contribution in [-0.4, -0.2) is 15.6 Å². The number of nitrogens with two attached hydrogens (primary N) is 1. The van der Waals surface area contributed by atoms with E-state index >= 15 is 0 Å². The van der Waals surface area contributed by atoms with Crippen LogP contribution in [0.3, 0.4) is 0 Å². The largest absolute Gasteiger partial charge is 0.398 e. The Bertz CT molecular complexity index is 604. The topological polar surface area (TPSA) is 60.9 Å². The number of benzene rings is 1. The van der Waals surface area contributed by atoms with Gasteiger partial charge in [0.2, 0.25) is 0 Å². The van der Waals surface area contributed by atoms with Crippen molar-refractivity contribution in [3.8, 4) is 0 Å². The first-order chi connectivity index (χ1) is 8.50. The van der Waals surface area contributed by atoms with E-state index in [2.05, 4.69) is 5.10 Å². The molecule has 2 N–H and O–H groups in total. The van der Waals surface area contributed by atoms with Crippen LogP contribution in [0.25, 0.3) is 0 Å². The van der Waals surface area contributed by atoms with E-state index in [9.17, 15) is 4.79 Å². The summed E-state index contributed by atoms with van der Waals surface area (Å²) < 4.78 is 1.56. The van der Waals surface area contributed by atoms with Crippen molar-refractivity contribution in [3.63, 3.8) is 0 Å². The molecule has 1 heterocycles. The Kier molecular flexibility index (Phi) is 3.39. The van der Waals surface area contributed by atoms with Gasteiger partial charge in [-0.2, -0.15) is 5.10 Å². The lowest BCUT2D eigenvalue weighted by molar-refractivity contribution is 0.0993. The number of para-hydroxylation sites is 1. The van der Waals surface area contributed by atoms with Crippen LogP contribution in [0, 0.1) is 6.92 Å². The molecular weight excluding hydrogens is 250 g/mol. The lowest BCUT2D eigenvalue weighted by atomic mass is 10.0. The molecule has 0 unspecified atom stereocenters. The Morgan fingerprint density at radius 2 is 2.11 bits per heavy atom. The summed E-state index contributed by atoms with van der Waals surface area (Å²) in [6.45, 7) is 1.84. The lowest BCUT2D eigenvalue weighted by Gasteiger charge is -2.04. The van der Waals surface area contributed by atoms with Gasteiger partial charge >= 0.3 is 0 Å². The van der Waals surface area contributed by atoms with Crippen molar-refractivity contribution < 1.29 is 4.79 Å². The highest BCUT2D eigenvalue weighted by Gasteiger charge is 2.17. The van der Waals surface area contributed by atoms with Gasteiger partial charge in [-0.05, 0) is 19.1 Å². The monoisotopic (exact) mass is 263 g/mol. The molecule has 0 saturated heterocycles. The summed E-state index contributed by atoms with van der Waals surface area (Å²) in [5.74, 6) is -0.0499. The molecule has 4 nitrogen and oxygen atoms in total. The maximum absolute atomic E-state index is 12.2. The Morgan fingerprint density at radius 3 is 2.67 bits per heavy atom. The second-order valence-corrected chi connectivity index (χ2v) is 4.52. The number of hydrogen-bond donors (Lipinski definition) is 1. The van der Waals surface area contributed by atoms with Crippen molar-refractivity contribution in [2.75, 3.05) is 5.73 Å². The minimum Gasteiger partial charge on any atom is -0.398 e. The van der Waals surface area contributed by atoms with Crippen LogP contribution in [0.4, 0.5) is 5.69 Å². The van der Waals surface area contributed by atoms with Gasteiger partial charge in [-0.15, -0.1) is 0 Å². The quantitative estimate of drug-likeness (QED) is 0.683. The van der Waals surface area contributed by atoms with Gasteiger partial charge < -0.3 is 5.73 Å². The number of ketones is 1. The zero-order valence-corrected chi connectivity index (χ0v) is 11.0. The number of nitrogen functional groups attached to an aromatic ring is 1. The summed E-state index contributed by atoms with van der Waals surface area (Å²) in [6.07, 6.45) is 0.215. The third kappa shape index (κ3) is 2.24. The maximum Gasteiger partial charge on any atom is 0.169 e. The van der Waals surface area contributed by atoms with Crippen LogP contribution < -0.4 is 5.73 Å². The Hall–Kier alpha value is -1.81. The Balaban J connectivity index is 2.30. The highest BCUT2D eigenvalue weighted by atomic mass is 35.5. The summed E-state index contributed by atoms with van der Waals surface area (Å²) in [7, 11) is 1.75. The number of carbonyl (C=O) groups excluding carboxylic acids is 1. The fourth-order valence-electron chi connectivity index (χ4n) is 1.88. The van der Waals surface area contributed by atoms with Gasteiger partial charge in [0.25, 0.3) is 0 Å². The van der Waals surface area contributed by atoms with Crippen LogP contribution in [0.15, 0.2) is 24.3 Å². The first-order valence-corrected chi connectivity index (χ1v) is 5.94. The van der Waals surface area contributed by atoms with Crippen molar-refractivity contribution in [1.82, 2.24) is 9.78 Å². The number of aryl methyl sites for hydroxylation is 2. The molecule has 0 aliphatic heterocycles. The molecule has 0 radical (unpaired) electrons. The molecule has 0 amide bonds. The van der Waals surface area contributed by atoms with E-state index in [0.29, 0.717) is 16.4 Å².